The van der Waals surface area contributed by atoms with Gasteiger partial charge in [0.1, 0.15) is 12.6 Å². The lowest BCUT2D eigenvalue weighted by atomic mass is 9.98. The molecule has 1 radical (unpaired) electrons. The standard InChI is InChI=1S/C19H16NO5/c21-10-12(9-18(22)23)20-19(24)25-11-17-15-7-3-1-5-13(15)14-6-2-4-8-16(14)17/h1-8,12,17H,9,11H2,(H,20,24)(H,22,23)/t12-/m0/s1. The molecule has 0 spiro atoms. The van der Waals surface area contributed by atoms with Crippen molar-refractivity contribution in [3.8, 4) is 11.1 Å². The minimum atomic E-state index is -1.23. The zero-order valence-corrected chi connectivity index (χ0v) is 13.3. The summed E-state index contributed by atoms with van der Waals surface area (Å²) in [4.78, 5) is 33.2. The molecule has 0 heterocycles. The molecular weight excluding hydrogens is 322 g/mol. The zero-order valence-electron chi connectivity index (χ0n) is 13.3. The number of fused-ring (bicyclic) bond motifs is 3. The van der Waals surface area contributed by atoms with Crippen LogP contribution in [0.4, 0.5) is 4.79 Å². The Balaban J connectivity index is 1.70. The first-order chi connectivity index (χ1) is 12.1. The molecule has 1 atom stereocenters. The topological polar surface area (TPSA) is 92.7 Å². The molecule has 0 unspecified atom stereocenters. The van der Waals surface area contributed by atoms with E-state index in [4.69, 9.17) is 9.84 Å². The van der Waals surface area contributed by atoms with E-state index < -0.39 is 24.5 Å². The molecular formula is C19H16NO5. The van der Waals surface area contributed by atoms with Crippen LogP contribution in [0.5, 0.6) is 0 Å². The number of carbonyl (C=O) groups is 2. The van der Waals surface area contributed by atoms with Crippen molar-refractivity contribution in [3.05, 3.63) is 59.7 Å². The molecule has 3 rings (SSSR count). The molecule has 2 aromatic rings. The lowest BCUT2D eigenvalue weighted by molar-refractivity contribution is -0.137. The summed E-state index contributed by atoms with van der Waals surface area (Å²) in [5, 5.41) is 10.9. The van der Waals surface area contributed by atoms with Gasteiger partial charge in [-0.25, -0.2) is 4.79 Å². The number of ether oxygens (including phenoxy) is 1. The fraction of sp³-hybridized carbons (Fsp3) is 0.211. The van der Waals surface area contributed by atoms with Gasteiger partial charge in [0.05, 0.1) is 6.42 Å². The quantitative estimate of drug-likeness (QED) is 0.844. The highest BCUT2D eigenvalue weighted by Crippen LogP contribution is 2.44. The van der Waals surface area contributed by atoms with Crippen molar-refractivity contribution in [1.29, 1.82) is 0 Å². The van der Waals surface area contributed by atoms with Crippen LogP contribution in [0.25, 0.3) is 11.1 Å². The molecule has 25 heavy (non-hydrogen) atoms. The van der Waals surface area contributed by atoms with Gasteiger partial charge in [0.25, 0.3) is 0 Å². The normalized spacial score (nSPS) is 13.4. The Kier molecular flexibility index (Phi) is 4.79. The Hall–Kier alpha value is -3.15. The summed E-state index contributed by atoms with van der Waals surface area (Å²) in [5.41, 5.74) is 4.36. The Morgan fingerprint density at radius 2 is 1.64 bits per heavy atom. The maximum atomic E-state index is 11.9. The van der Waals surface area contributed by atoms with Gasteiger partial charge in [0.15, 0.2) is 0 Å². The van der Waals surface area contributed by atoms with E-state index in [0.29, 0.717) is 0 Å². The molecule has 6 heteroatoms. The van der Waals surface area contributed by atoms with Crippen molar-refractivity contribution < 1.29 is 24.2 Å². The van der Waals surface area contributed by atoms with Gasteiger partial charge >= 0.3 is 12.1 Å². The van der Waals surface area contributed by atoms with E-state index in [1.807, 2.05) is 48.5 Å². The van der Waals surface area contributed by atoms with Crippen molar-refractivity contribution in [2.24, 2.45) is 0 Å². The highest BCUT2D eigenvalue weighted by Gasteiger charge is 2.29. The molecule has 1 aliphatic carbocycles. The van der Waals surface area contributed by atoms with E-state index in [9.17, 15) is 14.4 Å². The van der Waals surface area contributed by atoms with Crippen LogP contribution in [0.1, 0.15) is 23.5 Å². The predicted molar refractivity (Wildman–Crippen MR) is 89.9 cm³/mol. The molecule has 0 fully saturated rings. The number of nitrogens with one attached hydrogen (secondary N) is 1. The largest absolute Gasteiger partial charge is 0.481 e. The average Bonchev–Trinajstić information content (AvgIpc) is 2.93. The molecule has 0 saturated heterocycles. The van der Waals surface area contributed by atoms with Crippen molar-refractivity contribution >= 4 is 18.3 Å². The zero-order chi connectivity index (χ0) is 17.8. The first kappa shape index (κ1) is 16.7. The number of carboxylic acids is 1. The Bertz CT molecular complexity index is 771. The van der Waals surface area contributed by atoms with Crippen LogP contribution in [0.2, 0.25) is 0 Å². The summed E-state index contributed by atoms with van der Waals surface area (Å²) in [6, 6.07) is 14.6. The second-order valence-corrected chi connectivity index (χ2v) is 5.74. The van der Waals surface area contributed by atoms with Crippen LogP contribution < -0.4 is 5.32 Å². The SMILES string of the molecule is O=[C][C@H](CC(=O)O)NC(=O)OCC1c2ccccc2-c2ccccc21. The van der Waals surface area contributed by atoms with Crippen LogP contribution in [0, 0.1) is 0 Å². The van der Waals surface area contributed by atoms with E-state index in [0.717, 1.165) is 22.3 Å². The minimum absolute atomic E-state index is 0.0957. The molecule has 2 aromatic carbocycles. The smallest absolute Gasteiger partial charge is 0.407 e. The van der Waals surface area contributed by atoms with E-state index in [2.05, 4.69) is 5.32 Å². The third-order valence-electron chi connectivity index (χ3n) is 4.16. The summed E-state index contributed by atoms with van der Waals surface area (Å²) < 4.78 is 5.23. The van der Waals surface area contributed by atoms with Gasteiger partial charge < -0.3 is 15.2 Å². The summed E-state index contributed by atoms with van der Waals surface area (Å²) in [7, 11) is 0. The van der Waals surface area contributed by atoms with Gasteiger partial charge in [-0.2, -0.15) is 0 Å². The number of benzene rings is 2. The number of amides is 1. The molecule has 2 N–H and O–H groups in total. The third kappa shape index (κ3) is 3.52. The lowest BCUT2D eigenvalue weighted by Gasteiger charge is -2.15. The summed E-state index contributed by atoms with van der Waals surface area (Å²) >= 11 is 0. The Morgan fingerprint density at radius 1 is 1.08 bits per heavy atom. The summed E-state index contributed by atoms with van der Waals surface area (Å²) in [6.07, 6.45) is 0.110. The second kappa shape index (κ2) is 7.17. The number of rotatable bonds is 6. The number of hydrogen-bond donors (Lipinski definition) is 2. The van der Waals surface area contributed by atoms with Crippen LogP contribution in [-0.4, -0.2) is 36.1 Å². The molecule has 1 aliphatic rings. The minimum Gasteiger partial charge on any atom is -0.481 e. The highest BCUT2D eigenvalue weighted by molar-refractivity contribution is 5.80. The van der Waals surface area contributed by atoms with Gasteiger partial charge in [-0.15, -0.1) is 0 Å². The summed E-state index contributed by atoms with van der Waals surface area (Å²) in [5.74, 6) is -1.30. The van der Waals surface area contributed by atoms with Crippen LogP contribution in [0.3, 0.4) is 0 Å². The van der Waals surface area contributed by atoms with Crippen molar-refractivity contribution in [2.45, 2.75) is 18.4 Å². The van der Waals surface area contributed by atoms with Gasteiger partial charge in [-0.3, -0.25) is 9.59 Å². The molecule has 1 amide bonds. The monoisotopic (exact) mass is 338 g/mol. The van der Waals surface area contributed by atoms with Crippen molar-refractivity contribution in [1.82, 2.24) is 5.32 Å². The van der Waals surface area contributed by atoms with E-state index in [1.54, 1.807) is 0 Å². The van der Waals surface area contributed by atoms with Crippen molar-refractivity contribution in [3.63, 3.8) is 0 Å². The third-order valence-corrected chi connectivity index (χ3v) is 4.16. The van der Waals surface area contributed by atoms with Gasteiger partial charge in [-0.05, 0) is 22.3 Å². The fourth-order valence-electron chi connectivity index (χ4n) is 3.08. The molecule has 0 aliphatic heterocycles. The van der Waals surface area contributed by atoms with Crippen LogP contribution in [0.15, 0.2) is 48.5 Å². The van der Waals surface area contributed by atoms with E-state index in [-0.39, 0.29) is 12.5 Å². The molecule has 6 nitrogen and oxygen atoms in total. The Labute approximate surface area is 144 Å². The molecule has 0 saturated carbocycles. The van der Waals surface area contributed by atoms with E-state index in [1.165, 1.54) is 6.29 Å². The second-order valence-electron chi connectivity index (χ2n) is 5.74. The number of aliphatic carboxylic acids is 1. The average molecular weight is 338 g/mol. The number of carbonyl (C=O) groups excluding carboxylic acids is 2. The van der Waals surface area contributed by atoms with E-state index >= 15 is 0 Å². The number of alkyl carbamates (subject to hydrolysis) is 1. The Morgan fingerprint density at radius 3 is 2.16 bits per heavy atom. The number of carboxylic acid groups (broad SMARTS) is 1. The first-order valence-corrected chi connectivity index (χ1v) is 7.81. The van der Waals surface area contributed by atoms with Gasteiger partial charge in [0.2, 0.25) is 6.29 Å². The van der Waals surface area contributed by atoms with Gasteiger partial charge in [-0.1, -0.05) is 48.5 Å². The number of hydrogen-bond acceptors (Lipinski definition) is 4. The maximum absolute atomic E-state index is 11.9. The molecule has 0 bridgehead atoms. The maximum Gasteiger partial charge on any atom is 0.407 e. The first-order valence-electron chi connectivity index (χ1n) is 7.81. The summed E-state index contributed by atoms with van der Waals surface area (Å²) in [6.45, 7) is 0.0957. The lowest BCUT2D eigenvalue weighted by Crippen LogP contribution is -2.38. The molecule has 127 valence electrons. The van der Waals surface area contributed by atoms with Crippen molar-refractivity contribution in [2.75, 3.05) is 6.61 Å². The highest BCUT2D eigenvalue weighted by atomic mass is 16.5. The molecule has 0 aromatic heterocycles. The van der Waals surface area contributed by atoms with Crippen LogP contribution >= 0.6 is 0 Å². The predicted octanol–water partition coefficient (Wildman–Crippen LogP) is 2.48. The van der Waals surface area contributed by atoms with Crippen LogP contribution in [-0.2, 0) is 14.3 Å². The fourth-order valence-corrected chi connectivity index (χ4v) is 3.08. The van der Waals surface area contributed by atoms with Gasteiger partial charge in [0, 0.05) is 5.92 Å².